The maximum atomic E-state index is 4.99. The lowest BCUT2D eigenvalue weighted by molar-refractivity contribution is 0.661. The van der Waals surface area contributed by atoms with Gasteiger partial charge in [0.05, 0.1) is 11.0 Å². The van der Waals surface area contributed by atoms with Crippen LogP contribution in [-0.2, 0) is 5.41 Å². The molecule has 0 atom stereocenters. The molecule has 0 saturated carbocycles. The molecule has 1 aliphatic rings. The Labute approximate surface area is 308 Å². The predicted molar refractivity (Wildman–Crippen MR) is 218 cm³/mol. The highest BCUT2D eigenvalue weighted by Crippen LogP contribution is 2.51. The molecule has 252 valence electrons. The van der Waals surface area contributed by atoms with Crippen LogP contribution in [0.2, 0.25) is 0 Å². The van der Waals surface area contributed by atoms with Crippen molar-refractivity contribution < 1.29 is 0 Å². The van der Waals surface area contributed by atoms with Crippen LogP contribution in [0.4, 0.5) is 11.4 Å². The summed E-state index contributed by atoms with van der Waals surface area (Å²) in [5.74, 6) is 1.88. The molecule has 0 radical (unpaired) electrons. The van der Waals surface area contributed by atoms with Gasteiger partial charge in [-0.15, -0.1) is 0 Å². The molecule has 0 unspecified atom stereocenters. The molecule has 0 amide bonds. The molecule has 1 N–H and O–H groups in total. The number of hydrogen-bond acceptors (Lipinski definition) is 4. The molecule has 9 aromatic rings. The Morgan fingerprint density at radius 3 is 1.75 bits per heavy atom. The van der Waals surface area contributed by atoms with Crippen LogP contribution in [0.15, 0.2) is 170 Å². The second-order valence-electron chi connectivity index (χ2n) is 14.2. The Bertz CT molecular complexity index is 2760. The van der Waals surface area contributed by atoms with Gasteiger partial charge in [-0.25, -0.2) is 15.0 Å². The highest BCUT2D eigenvalue weighted by atomic mass is 15.0. The van der Waals surface area contributed by atoms with Crippen LogP contribution < -0.4 is 5.32 Å². The third kappa shape index (κ3) is 5.12. The maximum Gasteiger partial charge on any atom is 0.166 e. The van der Waals surface area contributed by atoms with Gasteiger partial charge >= 0.3 is 0 Å². The highest BCUT2D eigenvalue weighted by Gasteiger charge is 2.36. The molecule has 5 nitrogen and oxygen atoms in total. The van der Waals surface area contributed by atoms with E-state index in [0.717, 1.165) is 33.8 Å². The van der Waals surface area contributed by atoms with Crippen LogP contribution in [0.5, 0.6) is 0 Å². The average Bonchev–Trinajstić information content (AvgIpc) is 3.66. The number of benzene rings is 7. The van der Waals surface area contributed by atoms with Gasteiger partial charge < -0.3 is 9.88 Å². The number of aromatic nitrogens is 4. The maximum absolute atomic E-state index is 4.99. The number of anilines is 2. The van der Waals surface area contributed by atoms with Gasteiger partial charge in [0.15, 0.2) is 17.5 Å². The number of hydrogen-bond donors (Lipinski definition) is 1. The van der Waals surface area contributed by atoms with Gasteiger partial charge in [-0.3, -0.25) is 0 Å². The first-order valence-electron chi connectivity index (χ1n) is 18.0. The second kappa shape index (κ2) is 12.1. The van der Waals surface area contributed by atoms with E-state index in [4.69, 9.17) is 15.0 Å². The smallest absolute Gasteiger partial charge is 0.166 e. The average molecular weight is 682 g/mol. The molecule has 5 heteroatoms. The molecule has 53 heavy (non-hydrogen) atoms. The lowest BCUT2D eigenvalue weighted by Gasteiger charge is -2.21. The summed E-state index contributed by atoms with van der Waals surface area (Å²) in [6.45, 7) is 4.69. The second-order valence-corrected chi connectivity index (χ2v) is 14.2. The fourth-order valence-electron chi connectivity index (χ4n) is 8.01. The van der Waals surface area contributed by atoms with E-state index in [-0.39, 0.29) is 5.41 Å². The third-order valence-corrected chi connectivity index (χ3v) is 10.6. The molecule has 1 aliphatic carbocycles. The lowest BCUT2D eigenvalue weighted by Crippen LogP contribution is -2.14. The molecular weight excluding hydrogens is 647 g/mol. The van der Waals surface area contributed by atoms with Gasteiger partial charge in [-0.05, 0) is 76.9 Å². The molecule has 0 saturated heterocycles. The Balaban J connectivity index is 1.04. The highest BCUT2D eigenvalue weighted by molar-refractivity contribution is 6.11. The van der Waals surface area contributed by atoms with Crippen molar-refractivity contribution in [2.24, 2.45) is 0 Å². The zero-order valence-electron chi connectivity index (χ0n) is 29.5. The predicted octanol–water partition coefficient (Wildman–Crippen LogP) is 12.0. The first-order valence-corrected chi connectivity index (χ1v) is 18.0. The van der Waals surface area contributed by atoms with Crippen molar-refractivity contribution in [3.63, 3.8) is 0 Å². The van der Waals surface area contributed by atoms with E-state index in [2.05, 4.69) is 121 Å². The molecule has 2 heterocycles. The van der Waals surface area contributed by atoms with Gasteiger partial charge in [0, 0.05) is 49.9 Å². The summed E-state index contributed by atoms with van der Waals surface area (Å²) in [4.78, 5) is 14.9. The zero-order chi connectivity index (χ0) is 35.5. The van der Waals surface area contributed by atoms with Gasteiger partial charge in [0.25, 0.3) is 0 Å². The summed E-state index contributed by atoms with van der Waals surface area (Å²) < 4.78 is 2.41. The molecule has 7 aromatic carbocycles. The molecule has 2 aromatic heterocycles. The number of nitrogens with one attached hydrogen (secondary N) is 1. The molecule has 10 rings (SSSR count). The van der Waals surface area contributed by atoms with Crippen molar-refractivity contribution >= 4 is 33.2 Å². The van der Waals surface area contributed by atoms with Crippen molar-refractivity contribution in [3.05, 3.63) is 181 Å². The van der Waals surface area contributed by atoms with Gasteiger partial charge in [0.2, 0.25) is 0 Å². The van der Waals surface area contributed by atoms with Crippen LogP contribution in [-0.4, -0.2) is 19.5 Å². The van der Waals surface area contributed by atoms with Crippen LogP contribution >= 0.6 is 0 Å². The zero-order valence-corrected chi connectivity index (χ0v) is 29.5. The minimum atomic E-state index is -0.0786. The first kappa shape index (κ1) is 30.9. The summed E-state index contributed by atoms with van der Waals surface area (Å²) in [7, 11) is 0. The Hall–Kier alpha value is -6.85. The van der Waals surface area contributed by atoms with Crippen molar-refractivity contribution in [1.82, 2.24) is 19.5 Å². The normalized spacial score (nSPS) is 12.9. The lowest BCUT2D eigenvalue weighted by atomic mass is 9.82. The van der Waals surface area contributed by atoms with Crippen molar-refractivity contribution in [2.75, 3.05) is 5.32 Å². The summed E-state index contributed by atoms with van der Waals surface area (Å²) in [6, 6.07) is 59.5. The van der Waals surface area contributed by atoms with Crippen LogP contribution in [0, 0.1) is 0 Å². The molecular formula is C48H35N5. The summed E-state index contributed by atoms with van der Waals surface area (Å²) in [5.41, 5.74) is 13.5. The van der Waals surface area contributed by atoms with Crippen LogP contribution in [0.3, 0.4) is 0 Å². The van der Waals surface area contributed by atoms with E-state index in [1.54, 1.807) is 0 Å². The standard InChI is InChI=1S/C48H35N5/c1-48(2)40-22-12-9-19-35(40)38-29-39-36-20-11-14-24-43(36)53(44(39)30-41(38)48)34-27-25-33(26-28-34)49-42-23-13-10-21-37(42)47-51-45(31-15-5-3-6-16-31)50-46(52-47)32-17-7-4-8-18-32/h3-30,49H,1-2H3. The van der Waals surface area contributed by atoms with E-state index >= 15 is 0 Å². The quantitative estimate of drug-likeness (QED) is 0.190. The molecule has 0 aliphatic heterocycles. The van der Waals surface area contributed by atoms with Crippen LogP contribution in [0.1, 0.15) is 25.0 Å². The largest absolute Gasteiger partial charge is 0.355 e. The van der Waals surface area contributed by atoms with Gasteiger partial charge in [0.1, 0.15) is 0 Å². The third-order valence-electron chi connectivity index (χ3n) is 10.6. The monoisotopic (exact) mass is 681 g/mol. The molecule has 0 spiro atoms. The first-order chi connectivity index (χ1) is 26.0. The fraction of sp³-hybridized carbons (Fsp3) is 0.0625. The van der Waals surface area contributed by atoms with Gasteiger partial charge in [-0.1, -0.05) is 129 Å². The fourth-order valence-corrected chi connectivity index (χ4v) is 8.01. The van der Waals surface area contributed by atoms with Gasteiger partial charge in [-0.2, -0.15) is 0 Å². The number of fused-ring (bicyclic) bond motifs is 6. The SMILES string of the molecule is CC1(C)c2ccccc2-c2cc3c4ccccc4n(-c4ccc(Nc5ccccc5-c5nc(-c6ccccc6)nc(-c6ccccc6)n5)cc4)c3cc21. The molecule has 0 bridgehead atoms. The van der Waals surface area contributed by atoms with Crippen LogP contribution in [0.25, 0.3) is 72.8 Å². The van der Waals surface area contributed by atoms with Crippen molar-refractivity contribution in [2.45, 2.75) is 19.3 Å². The summed E-state index contributed by atoms with van der Waals surface area (Å²) in [5, 5.41) is 6.21. The van der Waals surface area contributed by atoms with E-state index in [9.17, 15) is 0 Å². The minimum Gasteiger partial charge on any atom is -0.355 e. The van der Waals surface area contributed by atoms with E-state index < -0.39 is 0 Å². The number of para-hydroxylation sites is 2. The van der Waals surface area contributed by atoms with Crippen molar-refractivity contribution in [1.29, 1.82) is 0 Å². The molecule has 0 fully saturated rings. The Morgan fingerprint density at radius 2 is 1.04 bits per heavy atom. The topological polar surface area (TPSA) is 55.6 Å². The minimum absolute atomic E-state index is 0.0786. The Morgan fingerprint density at radius 1 is 0.453 bits per heavy atom. The van der Waals surface area contributed by atoms with E-state index in [1.165, 1.54) is 44.1 Å². The number of nitrogens with zero attached hydrogens (tertiary/aromatic N) is 4. The Kier molecular flexibility index (Phi) is 7.08. The number of rotatable bonds is 6. The summed E-state index contributed by atoms with van der Waals surface area (Å²) >= 11 is 0. The van der Waals surface area contributed by atoms with E-state index in [1.807, 2.05) is 72.8 Å². The van der Waals surface area contributed by atoms with Crippen molar-refractivity contribution in [3.8, 4) is 51.0 Å². The van der Waals surface area contributed by atoms with E-state index in [0.29, 0.717) is 17.5 Å². The summed E-state index contributed by atoms with van der Waals surface area (Å²) in [6.07, 6.45) is 0.